The van der Waals surface area contributed by atoms with Gasteiger partial charge in [-0.25, -0.2) is 0 Å². The molecule has 0 spiro atoms. The van der Waals surface area contributed by atoms with Crippen molar-refractivity contribution in [1.82, 2.24) is 20.4 Å². The Morgan fingerprint density at radius 1 is 1.00 bits per heavy atom. The molecule has 3 aliphatic rings. The zero-order valence-corrected chi connectivity index (χ0v) is 20.1. The van der Waals surface area contributed by atoms with Crippen LogP contribution in [-0.4, -0.2) is 74.2 Å². The summed E-state index contributed by atoms with van der Waals surface area (Å²) in [5.41, 5.74) is 0. The molecule has 3 fully saturated rings. The molecule has 158 valence electrons. The summed E-state index contributed by atoms with van der Waals surface area (Å²) >= 11 is 0. The van der Waals surface area contributed by atoms with Gasteiger partial charge in [0, 0.05) is 38.8 Å². The lowest BCUT2D eigenvalue weighted by Crippen LogP contribution is -2.50. The molecule has 3 rings (SSSR count). The molecule has 5 nitrogen and oxygen atoms in total. The van der Waals surface area contributed by atoms with Crippen molar-refractivity contribution in [2.45, 2.75) is 70.9 Å². The highest BCUT2D eigenvalue weighted by atomic mass is 127. The highest BCUT2D eigenvalue weighted by Crippen LogP contribution is 2.31. The van der Waals surface area contributed by atoms with Gasteiger partial charge >= 0.3 is 0 Å². The number of hydrogen-bond acceptors (Lipinski definition) is 3. The molecular formula is C21H42IN5. The van der Waals surface area contributed by atoms with Crippen molar-refractivity contribution >= 4 is 29.9 Å². The molecule has 0 aromatic carbocycles. The summed E-state index contributed by atoms with van der Waals surface area (Å²) in [7, 11) is 1.90. The van der Waals surface area contributed by atoms with Crippen molar-refractivity contribution in [2.75, 3.05) is 46.3 Å². The molecule has 2 N–H and O–H groups in total. The molecule has 2 heterocycles. The van der Waals surface area contributed by atoms with Crippen LogP contribution >= 0.6 is 24.0 Å². The van der Waals surface area contributed by atoms with E-state index in [0.717, 1.165) is 31.0 Å². The van der Waals surface area contributed by atoms with Crippen LogP contribution in [0.25, 0.3) is 0 Å². The second-order valence-electron chi connectivity index (χ2n) is 8.98. The zero-order chi connectivity index (χ0) is 18.4. The Hall–Kier alpha value is -0.0800. The minimum atomic E-state index is 0. The number of hydrogen-bond donors (Lipinski definition) is 2. The minimum Gasteiger partial charge on any atom is -0.356 e. The van der Waals surface area contributed by atoms with Crippen LogP contribution in [0.2, 0.25) is 0 Å². The number of rotatable bonds is 7. The quantitative estimate of drug-likeness (QED) is 0.326. The van der Waals surface area contributed by atoms with Gasteiger partial charge < -0.3 is 15.5 Å². The van der Waals surface area contributed by atoms with Crippen molar-refractivity contribution in [3.8, 4) is 0 Å². The van der Waals surface area contributed by atoms with Gasteiger partial charge in [-0.2, -0.15) is 0 Å². The van der Waals surface area contributed by atoms with Gasteiger partial charge in [0.2, 0.25) is 0 Å². The zero-order valence-electron chi connectivity index (χ0n) is 17.8. The molecule has 0 radical (unpaired) electrons. The number of guanidine groups is 1. The molecule has 0 aromatic rings. The second-order valence-corrected chi connectivity index (χ2v) is 8.98. The maximum Gasteiger partial charge on any atom is 0.191 e. The Kier molecular flexibility index (Phi) is 10.1. The summed E-state index contributed by atoms with van der Waals surface area (Å²) in [4.78, 5) is 9.87. The number of halogens is 1. The smallest absolute Gasteiger partial charge is 0.191 e. The van der Waals surface area contributed by atoms with Crippen LogP contribution < -0.4 is 10.6 Å². The van der Waals surface area contributed by atoms with Crippen molar-refractivity contribution in [2.24, 2.45) is 16.8 Å². The third-order valence-corrected chi connectivity index (χ3v) is 6.52. The van der Waals surface area contributed by atoms with Crippen LogP contribution in [0, 0.1) is 11.8 Å². The maximum atomic E-state index is 4.47. The van der Waals surface area contributed by atoms with Gasteiger partial charge in [-0.3, -0.25) is 9.89 Å². The summed E-state index contributed by atoms with van der Waals surface area (Å²) in [6, 6.07) is 1.52. The highest BCUT2D eigenvalue weighted by molar-refractivity contribution is 14.0. The van der Waals surface area contributed by atoms with Crippen LogP contribution in [0.1, 0.15) is 58.8 Å². The first-order valence-electron chi connectivity index (χ1n) is 11.1. The summed E-state index contributed by atoms with van der Waals surface area (Å²) < 4.78 is 0. The third kappa shape index (κ3) is 7.35. The van der Waals surface area contributed by atoms with Gasteiger partial charge in [0.1, 0.15) is 0 Å². The predicted octanol–water partition coefficient (Wildman–Crippen LogP) is 3.15. The Morgan fingerprint density at radius 2 is 1.70 bits per heavy atom. The molecule has 0 bridgehead atoms. The average Bonchev–Trinajstić information content (AvgIpc) is 3.42. The first-order valence-corrected chi connectivity index (χ1v) is 11.1. The SMILES string of the molecule is CN=C(NCC1CCN(C2CC2)C1)NCC(C(C)C)N1CCCCCC1.I. The summed E-state index contributed by atoms with van der Waals surface area (Å²) in [5, 5.41) is 7.22. The fourth-order valence-corrected chi connectivity index (χ4v) is 4.68. The van der Waals surface area contributed by atoms with Crippen LogP contribution in [0.4, 0.5) is 0 Å². The normalized spacial score (nSPS) is 26.5. The van der Waals surface area contributed by atoms with Crippen molar-refractivity contribution < 1.29 is 0 Å². The first kappa shape index (κ1) is 23.2. The largest absolute Gasteiger partial charge is 0.356 e. The van der Waals surface area contributed by atoms with Gasteiger partial charge in [0.15, 0.2) is 5.96 Å². The van der Waals surface area contributed by atoms with E-state index in [2.05, 4.69) is 39.3 Å². The fraction of sp³-hybridized carbons (Fsp3) is 0.952. The van der Waals surface area contributed by atoms with Crippen molar-refractivity contribution in [3.63, 3.8) is 0 Å². The molecule has 2 aliphatic heterocycles. The lowest BCUT2D eigenvalue weighted by atomic mass is 10.0. The van der Waals surface area contributed by atoms with Gasteiger partial charge in [0.25, 0.3) is 0 Å². The molecular weight excluding hydrogens is 449 g/mol. The standard InChI is InChI=1S/C21H41N5.HI/c1-17(2)20(25-11-6-4-5-7-12-25)15-24-21(22-3)23-14-18-10-13-26(16-18)19-8-9-19;/h17-20H,4-16H2,1-3H3,(H2,22,23,24);1H. The van der Waals surface area contributed by atoms with E-state index in [1.54, 1.807) is 0 Å². The van der Waals surface area contributed by atoms with E-state index < -0.39 is 0 Å². The van der Waals surface area contributed by atoms with E-state index in [9.17, 15) is 0 Å². The van der Waals surface area contributed by atoms with Crippen LogP contribution in [0.15, 0.2) is 4.99 Å². The molecule has 2 saturated heterocycles. The van der Waals surface area contributed by atoms with Crippen molar-refractivity contribution in [3.05, 3.63) is 0 Å². The summed E-state index contributed by atoms with van der Waals surface area (Å²) in [6.45, 7) is 11.9. The van der Waals surface area contributed by atoms with Gasteiger partial charge in [-0.15, -0.1) is 24.0 Å². The summed E-state index contributed by atoms with van der Waals surface area (Å²) in [6.07, 6.45) is 9.70. The summed E-state index contributed by atoms with van der Waals surface area (Å²) in [5.74, 6) is 2.43. The van der Waals surface area contributed by atoms with Crippen LogP contribution in [-0.2, 0) is 0 Å². The Balaban J connectivity index is 0.00000261. The topological polar surface area (TPSA) is 42.9 Å². The maximum absolute atomic E-state index is 4.47. The molecule has 0 amide bonds. The minimum absolute atomic E-state index is 0. The fourth-order valence-electron chi connectivity index (χ4n) is 4.68. The number of nitrogens with one attached hydrogen (secondary N) is 2. The van der Waals surface area contributed by atoms with E-state index >= 15 is 0 Å². The van der Waals surface area contributed by atoms with E-state index in [0.29, 0.717) is 12.0 Å². The molecule has 6 heteroatoms. The van der Waals surface area contributed by atoms with Gasteiger partial charge in [-0.1, -0.05) is 26.7 Å². The molecule has 0 aromatic heterocycles. The monoisotopic (exact) mass is 491 g/mol. The van der Waals surface area contributed by atoms with Crippen molar-refractivity contribution in [1.29, 1.82) is 0 Å². The molecule has 1 saturated carbocycles. The number of likely N-dealkylation sites (tertiary alicyclic amines) is 2. The average molecular weight is 492 g/mol. The van der Waals surface area contributed by atoms with Crippen LogP contribution in [0.3, 0.4) is 0 Å². The number of nitrogens with zero attached hydrogens (tertiary/aromatic N) is 3. The predicted molar refractivity (Wildman–Crippen MR) is 126 cm³/mol. The van der Waals surface area contributed by atoms with E-state index in [-0.39, 0.29) is 24.0 Å². The van der Waals surface area contributed by atoms with Crippen LogP contribution in [0.5, 0.6) is 0 Å². The molecule has 2 unspecified atom stereocenters. The Labute approximate surface area is 184 Å². The Bertz CT molecular complexity index is 444. The van der Waals surface area contributed by atoms with E-state index in [4.69, 9.17) is 0 Å². The molecule has 27 heavy (non-hydrogen) atoms. The number of aliphatic imine (C=N–C) groups is 1. The first-order chi connectivity index (χ1) is 12.7. The lowest BCUT2D eigenvalue weighted by molar-refractivity contribution is 0.161. The third-order valence-electron chi connectivity index (χ3n) is 6.52. The lowest BCUT2D eigenvalue weighted by Gasteiger charge is -2.34. The molecule has 1 aliphatic carbocycles. The second kappa shape index (κ2) is 11.8. The van der Waals surface area contributed by atoms with E-state index in [1.807, 2.05) is 7.05 Å². The highest BCUT2D eigenvalue weighted by Gasteiger charge is 2.34. The van der Waals surface area contributed by atoms with Gasteiger partial charge in [-0.05, 0) is 63.6 Å². The Morgan fingerprint density at radius 3 is 2.30 bits per heavy atom. The van der Waals surface area contributed by atoms with Gasteiger partial charge in [0.05, 0.1) is 0 Å². The molecule has 2 atom stereocenters. The van der Waals surface area contributed by atoms with E-state index in [1.165, 1.54) is 71.1 Å².